The Hall–Kier alpha value is -1.69. The average Bonchev–Trinajstić information content (AvgIpc) is 3.13. The summed E-state index contributed by atoms with van der Waals surface area (Å²) >= 11 is 1.15. The third-order valence-corrected chi connectivity index (χ3v) is 5.76. The summed E-state index contributed by atoms with van der Waals surface area (Å²) in [6.45, 7) is 5.15. The number of rotatable bonds is 7. The van der Waals surface area contributed by atoms with Crippen LogP contribution in [0.5, 0.6) is 0 Å². The highest BCUT2D eigenvalue weighted by atomic mass is 32.1. The van der Waals surface area contributed by atoms with Crippen LogP contribution in [-0.2, 0) is 9.53 Å². The first-order valence-electron chi connectivity index (χ1n) is 8.55. The van der Waals surface area contributed by atoms with Crippen molar-refractivity contribution in [3.63, 3.8) is 0 Å². The molecule has 1 aromatic rings. The predicted molar refractivity (Wildman–Crippen MR) is 94.8 cm³/mol. The van der Waals surface area contributed by atoms with E-state index in [-0.39, 0.29) is 18.3 Å². The number of ketones is 1. The Kier molecular flexibility index (Phi) is 6.54. The second-order valence-corrected chi connectivity index (χ2v) is 7.29. The van der Waals surface area contributed by atoms with Crippen LogP contribution >= 0.6 is 11.3 Å². The lowest BCUT2D eigenvalue weighted by Gasteiger charge is -2.09. The van der Waals surface area contributed by atoms with Gasteiger partial charge in [-0.25, -0.2) is 4.79 Å². The van der Waals surface area contributed by atoms with Gasteiger partial charge in [-0.1, -0.05) is 25.7 Å². The highest BCUT2D eigenvalue weighted by Gasteiger charge is 2.25. The van der Waals surface area contributed by atoms with Crippen molar-refractivity contribution in [3.8, 4) is 0 Å². The van der Waals surface area contributed by atoms with Gasteiger partial charge in [-0.05, 0) is 38.7 Å². The topological polar surface area (TPSA) is 72.5 Å². The molecule has 0 aromatic carbocycles. The number of Topliss-reactive ketones (excluding diaryl/α,β-unsaturated/α-hetero) is 1. The molecule has 0 atom stereocenters. The van der Waals surface area contributed by atoms with Gasteiger partial charge in [0, 0.05) is 6.42 Å². The summed E-state index contributed by atoms with van der Waals surface area (Å²) < 4.78 is 5.07. The smallest absolute Gasteiger partial charge is 0.341 e. The summed E-state index contributed by atoms with van der Waals surface area (Å²) in [6, 6.07) is 0. The van der Waals surface area contributed by atoms with Crippen LogP contribution in [-0.4, -0.2) is 24.3 Å². The molecule has 1 fully saturated rings. The number of carbonyl (C=O) groups excluding carboxylic acids is 3. The van der Waals surface area contributed by atoms with Crippen LogP contribution in [0.1, 0.15) is 78.0 Å². The Bertz CT molecular complexity index is 629. The number of hydrogen-bond acceptors (Lipinski definition) is 5. The minimum atomic E-state index is -0.496. The molecular formula is C18H25NO4S. The first kappa shape index (κ1) is 18.6. The van der Waals surface area contributed by atoms with Crippen molar-refractivity contribution in [2.45, 2.75) is 59.3 Å². The van der Waals surface area contributed by atoms with Gasteiger partial charge in [0.25, 0.3) is 0 Å². The largest absolute Gasteiger partial charge is 0.462 e. The van der Waals surface area contributed by atoms with Gasteiger partial charge in [0.05, 0.1) is 17.0 Å². The van der Waals surface area contributed by atoms with E-state index in [9.17, 15) is 14.4 Å². The van der Waals surface area contributed by atoms with Crippen molar-refractivity contribution < 1.29 is 19.1 Å². The number of thiophene rings is 1. The summed E-state index contributed by atoms with van der Waals surface area (Å²) in [6.07, 6.45) is 6.24. The molecule has 1 amide bonds. The Labute approximate surface area is 146 Å². The van der Waals surface area contributed by atoms with E-state index in [4.69, 9.17) is 4.74 Å². The van der Waals surface area contributed by atoms with E-state index >= 15 is 0 Å². The summed E-state index contributed by atoms with van der Waals surface area (Å²) in [5.74, 6) is -0.0822. The molecule has 0 aliphatic heterocycles. The van der Waals surface area contributed by atoms with E-state index in [1.54, 1.807) is 13.8 Å². The zero-order valence-corrected chi connectivity index (χ0v) is 15.4. The third kappa shape index (κ3) is 4.44. The van der Waals surface area contributed by atoms with Crippen molar-refractivity contribution in [2.75, 3.05) is 11.9 Å². The van der Waals surface area contributed by atoms with Crippen LogP contribution < -0.4 is 5.32 Å². The minimum Gasteiger partial charge on any atom is -0.462 e. The Morgan fingerprint density at radius 1 is 1.25 bits per heavy atom. The van der Waals surface area contributed by atoms with Crippen molar-refractivity contribution in [1.29, 1.82) is 0 Å². The molecule has 1 saturated carbocycles. The Morgan fingerprint density at radius 3 is 2.50 bits per heavy atom. The van der Waals surface area contributed by atoms with Crippen molar-refractivity contribution >= 4 is 34.0 Å². The number of ether oxygens (including phenoxy) is 1. The van der Waals surface area contributed by atoms with E-state index in [0.717, 1.165) is 17.8 Å². The molecular weight excluding hydrogens is 326 g/mol. The lowest BCUT2D eigenvalue weighted by Crippen LogP contribution is -2.15. The molecule has 1 aliphatic rings. The number of amides is 1. The summed E-state index contributed by atoms with van der Waals surface area (Å²) in [5, 5.41) is 3.24. The summed E-state index contributed by atoms with van der Waals surface area (Å²) in [7, 11) is 0. The van der Waals surface area contributed by atoms with Crippen LogP contribution in [0.25, 0.3) is 0 Å². The van der Waals surface area contributed by atoms with Crippen LogP contribution in [0, 0.1) is 12.8 Å². The van der Waals surface area contributed by atoms with Crippen LogP contribution in [0.3, 0.4) is 0 Å². The van der Waals surface area contributed by atoms with E-state index < -0.39 is 5.97 Å². The van der Waals surface area contributed by atoms with Crippen molar-refractivity contribution in [3.05, 3.63) is 16.0 Å². The monoisotopic (exact) mass is 351 g/mol. The second-order valence-electron chi connectivity index (χ2n) is 6.27. The zero-order chi connectivity index (χ0) is 17.7. The first-order valence-corrected chi connectivity index (χ1v) is 9.37. The molecule has 1 heterocycles. The fraction of sp³-hybridized carbons (Fsp3) is 0.611. The second kappa shape index (κ2) is 8.42. The minimum absolute atomic E-state index is 0.108. The number of nitrogens with one attached hydrogen (secondary N) is 1. The maximum atomic E-state index is 12.3. The molecule has 0 saturated heterocycles. The van der Waals surface area contributed by atoms with Crippen molar-refractivity contribution in [1.82, 2.24) is 0 Å². The van der Waals surface area contributed by atoms with E-state index in [1.807, 2.05) is 0 Å². The normalized spacial score (nSPS) is 14.6. The molecule has 2 rings (SSSR count). The number of esters is 1. The molecule has 5 nitrogen and oxygen atoms in total. The van der Waals surface area contributed by atoms with Gasteiger partial charge in [-0.15, -0.1) is 11.3 Å². The molecule has 1 aromatic heterocycles. The van der Waals surface area contributed by atoms with Gasteiger partial charge in [0.1, 0.15) is 5.00 Å². The van der Waals surface area contributed by atoms with Gasteiger partial charge < -0.3 is 10.1 Å². The zero-order valence-electron chi connectivity index (χ0n) is 14.6. The average molecular weight is 351 g/mol. The van der Waals surface area contributed by atoms with E-state index in [2.05, 4.69) is 5.32 Å². The number of hydrogen-bond donors (Lipinski definition) is 1. The van der Waals surface area contributed by atoms with Crippen LogP contribution in [0.15, 0.2) is 0 Å². The number of carbonyl (C=O) groups is 3. The van der Waals surface area contributed by atoms with Gasteiger partial charge in [-0.2, -0.15) is 0 Å². The van der Waals surface area contributed by atoms with E-state index in [1.165, 1.54) is 32.6 Å². The van der Waals surface area contributed by atoms with Crippen LogP contribution in [0.4, 0.5) is 5.00 Å². The van der Waals surface area contributed by atoms with Gasteiger partial charge in [0.15, 0.2) is 5.78 Å². The molecule has 132 valence electrons. The Morgan fingerprint density at radius 2 is 1.92 bits per heavy atom. The lowest BCUT2D eigenvalue weighted by atomic mass is 10.0. The fourth-order valence-electron chi connectivity index (χ4n) is 3.21. The van der Waals surface area contributed by atoms with Gasteiger partial charge in [0.2, 0.25) is 5.91 Å². The molecule has 1 aliphatic carbocycles. The molecule has 0 spiro atoms. The Balaban J connectivity index is 2.12. The molecule has 0 unspecified atom stereocenters. The SMILES string of the molecule is CCOC(=O)c1c(NC(=O)CCC2CCCC2)sc(C(C)=O)c1C. The maximum absolute atomic E-state index is 12.3. The third-order valence-electron chi connectivity index (χ3n) is 4.45. The molecule has 0 bridgehead atoms. The maximum Gasteiger partial charge on any atom is 0.341 e. The first-order chi connectivity index (χ1) is 11.4. The summed E-state index contributed by atoms with van der Waals surface area (Å²) in [5.41, 5.74) is 0.887. The molecule has 6 heteroatoms. The summed E-state index contributed by atoms with van der Waals surface area (Å²) in [4.78, 5) is 36.7. The molecule has 24 heavy (non-hydrogen) atoms. The molecule has 1 N–H and O–H groups in total. The lowest BCUT2D eigenvalue weighted by molar-refractivity contribution is -0.116. The standard InChI is InChI=1S/C18H25NO4S/c1-4-23-18(22)15-11(2)16(12(3)20)24-17(15)19-14(21)10-9-13-7-5-6-8-13/h13H,4-10H2,1-3H3,(H,19,21). The number of anilines is 1. The quantitative estimate of drug-likeness (QED) is 0.586. The van der Waals surface area contributed by atoms with E-state index in [0.29, 0.717) is 33.3 Å². The highest BCUT2D eigenvalue weighted by molar-refractivity contribution is 7.18. The highest BCUT2D eigenvalue weighted by Crippen LogP contribution is 2.34. The van der Waals surface area contributed by atoms with Crippen LogP contribution in [0.2, 0.25) is 0 Å². The van der Waals surface area contributed by atoms with Gasteiger partial charge >= 0.3 is 5.97 Å². The van der Waals surface area contributed by atoms with Gasteiger partial charge in [-0.3, -0.25) is 9.59 Å². The molecule has 0 radical (unpaired) electrons. The predicted octanol–water partition coefficient (Wildman–Crippen LogP) is 4.34. The van der Waals surface area contributed by atoms with Crippen molar-refractivity contribution in [2.24, 2.45) is 5.92 Å². The fourth-order valence-corrected chi connectivity index (χ4v) is 4.32.